The second-order valence-electron chi connectivity index (χ2n) is 6.91. The van der Waals surface area contributed by atoms with Gasteiger partial charge in [-0.2, -0.15) is 0 Å². The molecule has 2 aliphatic rings. The maximum atomic E-state index is 14.2. The Bertz CT molecular complexity index is 735. The molecule has 0 bridgehead atoms. The van der Waals surface area contributed by atoms with E-state index in [0.717, 1.165) is 25.8 Å². The monoisotopic (exact) mass is 375 g/mol. The van der Waals surface area contributed by atoms with Gasteiger partial charge in [0.1, 0.15) is 12.4 Å². The number of ketones is 1. The van der Waals surface area contributed by atoms with E-state index in [-0.39, 0.29) is 23.5 Å². The summed E-state index contributed by atoms with van der Waals surface area (Å²) in [5.74, 6) is -1.07. The molecule has 2 unspecified atom stereocenters. The predicted octanol–water partition coefficient (Wildman–Crippen LogP) is 2.37. The highest BCUT2D eigenvalue weighted by Crippen LogP contribution is 2.32. The minimum Gasteiger partial charge on any atom is -0.489 e. The van der Waals surface area contributed by atoms with Gasteiger partial charge in [0.05, 0.1) is 5.92 Å². The highest BCUT2D eigenvalue weighted by Gasteiger charge is 2.40. The van der Waals surface area contributed by atoms with E-state index in [1.807, 2.05) is 0 Å². The van der Waals surface area contributed by atoms with E-state index in [4.69, 9.17) is 4.74 Å². The number of fused-ring (bicyclic) bond motifs is 1. The molecule has 1 fully saturated rings. The molecule has 3 rings (SSSR count). The molecular weight excluding hydrogens is 349 g/mol. The van der Waals surface area contributed by atoms with Crippen molar-refractivity contribution in [2.75, 3.05) is 25.0 Å². The van der Waals surface area contributed by atoms with Crippen LogP contribution in [0.15, 0.2) is 30.0 Å². The molecule has 1 aliphatic heterocycles. The summed E-state index contributed by atoms with van der Waals surface area (Å²) in [5.41, 5.74) is 0.758. The molecule has 7 heteroatoms. The Labute approximate surface area is 158 Å². The molecule has 0 saturated heterocycles. The third-order valence-electron chi connectivity index (χ3n) is 4.89. The number of halogens is 1. The molecule has 1 saturated carbocycles. The first kappa shape index (κ1) is 19.4. The smallest absolute Gasteiger partial charge is 0.253 e. The van der Waals surface area contributed by atoms with Crippen LogP contribution in [-0.2, 0) is 9.59 Å². The molecule has 146 valence electrons. The third-order valence-corrected chi connectivity index (χ3v) is 4.89. The summed E-state index contributed by atoms with van der Waals surface area (Å²) in [6.45, 7) is 3.98. The van der Waals surface area contributed by atoms with E-state index in [2.05, 4.69) is 22.9 Å². The van der Waals surface area contributed by atoms with Crippen molar-refractivity contribution in [3.8, 4) is 5.75 Å². The van der Waals surface area contributed by atoms with Crippen molar-refractivity contribution in [1.29, 1.82) is 0 Å². The Kier molecular flexibility index (Phi) is 6.45. The molecule has 27 heavy (non-hydrogen) atoms. The zero-order valence-electron chi connectivity index (χ0n) is 15.5. The van der Waals surface area contributed by atoms with Gasteiger partial charge < -0.3 is 20.7 Å². The van der Waals surface area contributed by atoms with Crippen LogP contribution >= 0.6 is 0 Å². The van der Waals surface area contributed by atoms with Crippen molar-refractivity contribution in [2.24, 2.45) is 5.92 Å². The number of carbonyl (C=O) groups is 2. The minimum absolute atomic E-state index is 0.000768. The van der Waals surface area contributed by atoms with E-state index in [0.29, 0.717) is 30.8 Å². The molecule has 6 nitrogen and oxygen atoms in total. The second kappa shape index (κ2) is 8.99. The molecule has 0 spiro atoms. The Morgan fingerprint density at radius 3 is 3.00 bits per heavy atom. The van der Waals surface area contributed by atoms with E-state index < -0.39 is 11.7 Å². The first-order chi connectivity index (χ1) is 13.1. The predicted molar refractivity (Wildman–Crippen MR) is 101 cm³/mol. The van der Waals surface area contributed by atoms with Crippen molar-refractivity contribution in [1.82, 2.24) is 10.6 Å². The van der Waals surface area contributed by atoms with Gasteiger partial charge in [0.15, 0.2) is 11.6 Å². The van der Waals surface area contributed by atoms with Crippen molar-refractivity contribution in [2.45, 2.75) is 38.6 Å². The van der Waals surface area contributed by atoms with Crippen molar-refractivity contribution in [3.05, 3.63) is 35.8 Å². The van der Waals surface area contributed by atoms with Crippen LogP contribution in [-0.4, -0.2) is 37.4 Å². The van der Waals surface area contributed by atoms with Gasteiger partial charge in [0.2, 0.25) is 0 Å². The number of rotatable bonds is 8. The first-order valence-corrected chi connectivity index (χ1v) is 9.53. The maximum absolute atomic E-state index is 14.2. The highest BCUT2D eigenvalue weighted by molar-refractivity contribution is 6.08. The number of hydrogen-bond donors (Lipinski definition) is 3. The van der Waals surface area contributed by atoms with Crippen LogP contribution in [0.2, 0.25) is 0 Å². The molecule has 3 N–H and O–H groups in total. The van der Waals surface area contributed by atoms with Crippen LogP contribution in [0.3, 0.4) is 0 Å². The standard InChI is InChI=1S/C20H26FN3O3/c1-2-8-22-9-10-27-18-7-6-13(11-15(18)21)24-20(26)14-12-23-16-4-3-5-17(25)19(14)16/h6-7,11-12,16,19,22-23H,2-5,8-10H2,1H3,(H,24,26). The van der Waals surface area contributed by atoms with Gasteiger partial charge >= 0.3 is 0 Å². The van der Waals surface area contributed by atoms with E-state index in [1.165, 1.54) is 12.1 Å². The topological polar surface area (TPSA) is 79.5 Å². The lowest BCUT2D eigenvalue weighted by atomic mass is 9.81. The fraction of sp³-hybridized carbons (Fsp3) is 0.500. The quantitative estimate of drug-likeness (QED) is 0.608. The van der Waals surface area contributed by atoms with Gasteiger partial charge in [-0.1, -0.05) is 6.92 Å². The normalized spacial score (nSPS) is 21.3. The average molecular weight is 375 g/mol. The number of hydrogen-bond acceptors (Lipinski definition) is 5. The van der Waals surface area contributed by atoms with Gasteiger partial charge in [0, 0.05) is 42.5 Å². The van der Waals surface area contributed by atoms with Gasteiger partial charge in [0.25, 0.3) is 5.91 Å². The molecule has 1 aromatic carbocycles. The number of nitrogens with one attached hydrogen (secondary N) is 3. The second-order valence-corrected chi connectivity index (χ2v) is 6.91. The Hall–Kier alpha value is -2.41. The summed E-state index contributed by atoms with van der Waals surface area (Å²) in [4.78, 5) is 24.7. The molecule has 1 heterocycles. The van der Waals surface area contributed by atoms with Crippen molar-refractivity contribution >= 4 is 17.4 Å². The van der Waals surface area contributed by atoms with Crippen molar-refractivity contribution < 1.29 is 18.7 Å². The SMILES string of the molecule is CCCNCCOc1ccc(NC(=O)C2=CNC3CCCC(=O)C23)cc1F. The van der Waals surface area contributed by atoms with E-state index in [1.54, 1.807) is 12.3 Å². The van der Waals surface area contributed by atoms with E-state index >= 15 is 0 Å². The lowest BCUT2D eigenvalue weighted by Gasteiger charge is -2.25. The van der Waals surface area contributed by atoms with Crippen LogP contribution in [0.5, 0.6) is 5.75 Å². The summed E-state index contributed by atoms with van der Waals surface area (Å²) in [6, 6.07) is 4.33. The highest BCUT2D eigenvalue weighted by atomic mass is 19.1. The zero-order chi connectivity index (χ0) is 19.2. The van der Waals surface area contributed by atoms with Crippen molar-refractivity contribution in [3.63, 3.8) is 0 Å². The average Bonchev–Trinajstić information content (AvgIpc) is 3.09. The fourth-order valence-electron chi connectivity index (χ4n) is 3.54. The summed E-state index contributed by atoms with van der Waals surface area (Å²) in [6.07, 6.45) is 4.86. The van der Waals surface area contributed by atoms with Gasteiger partial charge in [-0.15, -0.1) is 0 Å². The minimum atomic E-state index is -0.534. The molecule has 0 aromatic heterocycles. The Morgan fingerprint density at radius 2 is 2.22 bits per heavy atom. The van der Waals surface area contributed by atoms with Crippen LogP contribution in [0.4, 0.5) is 10.1 Å². The number of ether oxygens (including phenoxy) is 1. The number of anilines is 1. The summed E-state index contributed by atoms with van der Waals surface area (Å²) < 4.78 is 19.6. The molecule has 1 aliphatic carbocycles. The molecule has 1 aromatic rings. The lowest BCUT2D eigenvalue weighted by molar-refractivity contribution is -0.125. The van der Waals surface area contributed by atoms with Crippen LogP contribution in [0, 0.1) is 11.7 Å². The number of Topliss-reactive ketones (excluding diaryl/α,β-unsaturated/α-hetero) is 1. The number of carbonyl (C=O) groups excluding carboxylic acids is 2. The van der Waals surface area contributed by atoms with E-state index in [9.17, 15) is 14.0 Å². The van der Waals surface area contributed by atoms with Gasteiger partial charge in [-0.25, -0.2) is 4.39 Å². The number of benzene rings is 1. The Balaban J connectivity index is 1.57. The van der Waals surface area contributed by atoms with Crippen LogP contribution in [0.1, 0.15) is 32.6 Å². The first-order valence-electron chi connectivity index (χ1n) is 9.53. The molecular formula is C20H26FN3O3. The summed E-state index contributed by atoms with van der Waals surface area (Å²) in [7, 11) is 0. The molecule has 0 radical (unpaired) electrons. The maximum Gasteiger partial charge on any atom is 0.253 e. The summed E-state index contributed by atoms with van der Waals surface area (Å²) in [5, 5.41) is 8.98. The largest absolute Gasteiger partial charge is 0.489 e. The molecule has 1 amide bonds. The van der Waals surface area contributed by atoms with Crippen LogP contribution < -0.4 is 20.7 Å². The summed E-state index contributed by atoms with van der Waals surface area (Å²) >= 11 is 0. The van der Waals surface area contributed by atoms with Crippen LogP contribution in [0.25, 0.3) is 0 Å². The lowest BCUT2D eigenvalue weighted by Crippen LogP contribution is -2.38. The number of amides is 1. The fourth-order valence-corrected chi connectivity index (χ4v) is 3.54. The third kappa shape index (κ3) is 4.66. The molecule has 2 atom stereocenters. The Morgan fingerprint density at radius 1 is 1.37 bits per heavy atom. The zero-order valence-corrected chi connectivity index (χ0v) is 15.5. The van der Waals surface area contributed by atoms with Gasteiger partial charge in [-0.05, 0) is 37.9 Å². The van der Waals surface area contributed by atoms with Gasteiger partial charge in [-0.3, -0.25) is 9.59 Å².